The number of thioether (sulfide) groups is 2. The molecule has 268 valence electrons. The maximum absolute atomic E-state index is 13.3. The first-order chi connectivity index (χ1) is 24.3. The molecule has 2 atom stereocenters. The van der Waals surface area contributed by atoms with E-state index in [4.69, 9.17) is 5.73 Å². The number of anilines is 2. The molecule has 0 aromatic heterocycles. The number of amides is 3. The predicted molar refractivity (Wildman–Crippen MR) is 186 cm³/mol. The lowest BCUT2D eigenvalue weighted by Crippen LogP contribution is -2.28. The Morgan fingerprint density at radius 3 is 1.65 bits per heavy atom. The summed E-state index contributed by atoms with van der Waals surface area (Å²) in [5, 5.41) is 7.83. The molecule has 0 saturated heterocycles. The number of fused-ring (bicyclic) bond motifs is 2. The Bertz CT molecular complexity index is 1960. The highest BCUT2D eigenvalue weighted by molar-refractivity contribution is 8.00. The molecule has 3 amide bonds. The minimum Gasteiger partial charge on any atom is -0.457 e. The molecule has 2 unspecified atom stereocenters. The third-order valence-electron chi connectivity index (χ3n) is 7.15. The van der Waals surface area contributed by atoms with E-state index in [1.807, 2.05) is 12.1 Å². The van der Waals surface area contributed by atoms with E-state index in [1.165, 1.54) is 49.9 Å². The lowest BCUT2D eigenvalue weighted by molar-refractivity contribution is 0.101. The fourth-order valence-electron chi connectivity index (χ4n) is 4.74. The van der Waals surface area contributed by atoms with Crippen molar-refractivity contribution in [1.82, 2.24) is 5.32 Å². The van der Waals surface area contributed by atoms with Crippen LogP contribution in [0.2, 0.25) is 0 Å². The molecule has 2 aliphatic heterocycles. The maximum atomic E-state index is 13.3. The van der Waals surface area contributed by atoms with Gasteiger partial charge in [-0.3, -0.25) is 9.59 Å². The van der Waals surface area contributed by atoms with Gasteiger partial charge in [-0.2, -0.15) is 0 Å². The second-order valence-electron chi connectivity index (χ2n) is 10.5. The van der Waals surface area contributed by atoms with E-state index in [-0.39, 0.29) is 29.4 Å². The van der Waals surface area contributed by atoms with Gasteiger partial charge in [0.05, 0.1) is 31.4 Å². The van der Waals surface area contributed by atoms with E-state index in [0.717, 1.165) is 50.9 Å². The Labute approximate surface area is 302 Å². The zero-order valence-electron chi connectivity index (χ0n) is 26.7. The van der Waals surface area contributed by atoms with Crippen LogP contribution in [0.1, 0.15) is 43.9 Å². The molecule has 10 nitrogen and oxygen atoms in total. The topological polar surface area (TPSA) is 149 Å². The number of rotatable bonds is 5. The van der Waals surface area contributed by atoms with Crippen molar-refractivity contribution in [2.24, 2.45) is 5.73 Å². The quantitative estimate of drug-likeness (QED) is 0.117. The van der Waals surface area contributed by atoms with Crippen molar-refractivity contribution < 1.29 is 46.2 Å². The van der Waals surface area contributed by atoms with Crippen molar-refractivity contribution in [3.63, 3.8) is 0 Å². The van der Waals surface area contributed by atoms with Crippen LogP contribution in [0.3, 0.4) is 0 Å². The van der Waals surface area contributed by atoms with E-state index < -0.39 is 40.7 Å². The van der Waals surface area contributed by atoms with Crippen molar-refractivity contribution in [1.29, 1.82) is 0 Å². The summed E-state index contributed by atoms with van der Waals surface area (Å²) in [5.74, 6) is -3.46. The van der Waals surface area contributed by atoms with Crippen molar-refractivity contribution in [3.05, 3.63) is 118 Å². The second-order valence-corrected chi connectivity index (χ2v) is 12.8. The number of carbonyl (C=O) groups excluding carboxylic acids is 4. The van der Waals surface area contributed by atoms with E-state index in [0.29, 0.717) is 16.9 Å². The molecule has 0 fully saturated rings. The van der Waals surface area contributed by atoms with Crippen molar-refractivity contribution in [2.45, 2.75) is 21.9 Å². The van der Waals surface area contributed by atoms with Gasteiger partial charge in [-0.25, -0.2) is 27.2 Å². The van der Waals surface area contributed by atoms with Gasteiger partial charge >= 0.3 is 11.5 Å². The Hall–Kier alpha value is -4.77. The van der Waals surface area contributed by atoms with Crippen LogP contribution >= 0.6 is 35.1 Å². The number of ether oxygens (including phenoxy) is 2. The average Bonchev–Trinajstić information content (AvgIpc) is 3.71. The third-order valence-corrected chi connectivity index (χ3v) is 9.82. The van der Waals surface area contributed by atoms with Crippen LogP contribution in [0.5, 0.6) is 0 Å². The SMILES string of the molecule is COC(=O)Cl.COC(=O)NC1CSc2c(C(=O)Nc3ccc(F)c(F)c3)cccc21.NC1CSc2c(C(=O)Nc3ccc(F)c(F)c3)cccc21. The fraction of sp³-hybridized carbons (Fsp3) is 0.176. The van der Waals surface area contributed by atoms with Crippen LogP contribution in [0, 0.1) is 23.3 Å². The monoisotopic (exact) mass is 764 g/mol. The molecule has 5 N–H and O–H groups in total. The normalized spacial score (nSPS) is 15.1. The van der Waals surface area contributed by atoms with Crippen molar-refractivity contribution in [2.75, 3.05) is 36.4 Å². The van der Waals surface area contributed by atoms with Gasteiger partial charge in [0.1, 0.15) is 0 Å². The Kier molecular flexibility index (Phi) is 13.7. The predicted octanol–water partition coefficient (Wildman–Crippen LogP) is 8.03. The minimum atomic E-state index is -1.03. The molecule has 0 bridgehead atoms. The number of benzene rings is 4. The van der Waals surface area contributed by atoms with Gasteiger partial charge in [0.25, 0.3) is 11.8 Å². The zero-order valence-corrected chi connectivity index (χ0v) is 29.1. The molecule has 4 aromatic carbocycles. The number of methoxy groups -OCH3 is 2. The second kappa shape index (κ2) is 17.9. The molecule has 2 heterocycles. The zero-order chi connectivity index (χ0) is 37.2. The molecular formula is C34H29ClF4N4O6S2. The third kappa shape index (κ3) is 10.2. The van der Waals surface area contributed by atoms with Gasteiger partial charge in [-0.1, -0.05) is 24.3 Å². The summed E-state index contributed by atoms with van der Waals surface area (Å²) in [6.07, 6.45) is -0.546. The van der Waals surface area contributed by atoms with E-state index in [2.05, 4.69) is 37.0 Å². The van der Waals surface area contributed by atoms with Crippen LogP contribution < -0.4 is 21.7 Å². The summed E-state index contributed by atoms with van der Waals surface area (Å²) < 4.78 is 60.8. The van der Waals surface area contributed by atoms with Crippen LogP contribution in [0.25, 0.3) is 0 Å². The van der Waals surface area contributed by atoms with Gasteiger partial charge in [-0.05, 0) is 47.5 Å². The molecular weight excluding hydrogens is 736 g/mol. The molecule has 4 aromatic rings. The number of nitrogens with two attached hydrogens (primary N) is 1. The highest BCUT2D eigenvalue weighted by Crippen LogP contribution is 2.41. The van der Waals surface area contributed by atoms with E-state index in [1.54, 1.807) is 24.3 Å². The van der Waals surface area contributed by atoms with Crippen LogP contribution in [0.4, 0.5) is 38.5 Å². The number of hydrogen-bond donors (Lipinski definition) is 4. The van der Waals surface area contributed by atoms with E-state index >= 15 is 0 Å². The summed E-state index contributed by atoms with van der Waals surface area (Å²) in [5.41, 5.74) is 8.22. The summed E-state index contributed by atoms with van der Waals surface area (Å²) >= 11 is 7.56. The number of halogens is 5. The smallest absolute Gasteiger partial charge is 0.407 e. The first-order valence-electron chi connectivity index (χ1n) is 14.7. The Balaban J connectivity index is 0.000000204. The number of nitrogens with one attached hydrogen (secondary N) is 3. The number of hydrogen-bond acceptors (Lipinski definition) is 9. The number of carbonyl (C=O) groups is 4. The highest BCUT2D eigenvalue weighted by atomic mass is 35.5. The summed E-state index contributed by atoms with van der Waals surface area (Å²) in [6, 6.07) is 16.6. The van der Waals surface area contributed by atoms with E-state index in [9.17, 15) is 36.7 Å². The molecule has 51 heavy (non-hydrogen) atoms. The van der Waals surface area contributed by atoms with Gasteiger partial charge in [-0.15, -0.1) is 23.5 Å². The molecule has 0 aliphatic carbocycles. The van der Waals surface area contributed by atoms with Gasteiger partial charge in [0, 0.05) is 62.4 Å². The summed E-state index contributed by atoms with van der Waals surface area (Å²) in [7, 11) is 2.50. The lowest BCUT2D eigenvalue weighted by atomic mass is 10.0. The molecule has 0 radical (unpaired) electrons. The Morgan fingerprint density at radius 1 is 0.706 bits per heavy atom. The first kappa shape index (κ1) is 39.0. The fourth-order valence-corrected chi connectivity index (χ4v) is 7.26. The first-order valence-corrected chi connectivity index (χ1v) is 17.1. The highest BCUT2D eigenvalue weighted by Gasteiger charge is 2.29. The number of alkyl carbamates (subject to hydrolysis) is 1. The maximum Gasteiger partial charge on any atom is 0.407 e. The van der Waals surface area contributed by atoms with Crippen LogP contribution in [-0.4, -0.2) is 49.1 Å². The summed E-state index contributed by atoms with van der Waals surface area (Å²) in [6.45, 7) is 0. The molecule has 0 spiro atoms. The Morgan fingerprint density at radius 2 is 1.18 bits per heavy atom. The summed E-state index contributed by atoms with van der Waals surface area (Å²) in [4.78, 5) is 47.2. The minimum absolute atomic E-state index is 0.0824. The van der Waals surface area contributed by atoms with Gasteiger partial charge < -0.3 is 31.2 Å². The van der Waals surface area contributed by atoms with Crippen molar-refractivity contribution in [3.8, 4) is 0 Å². The largest absolute Gasteiger partial charge is 0.457 e. The molecule has 6 rings (SSSR count). The van der Waals surface area contributed by atoms with Gasteiger partial charge in [0.2, 0.25) is 0 Å². The van der Waals surface area contributed by atoms with Crippen molar-refractivity contribution >= 4 is 69.8 Å². The molecule has 2 aliphatic rings. The lowest BCUT2D eigenvalue weighted by Gasteiger charge is -2.13. The molecule has 17 heteroatoms. The van der Waals surface area contributed by atoms with Crippen LogP contribution in [0.15, 0.2) is 82.6 Å². The molecule has 0 saturated carbocycles. The van der Waals surface area contributed by atoms with Crippen LogP contribution in [-0.2, 0) is 9.47 Å². The average molecular weight is 765 g/mol. The van der Waals surface area contributed by atoms with Gasteiger partial charge in [0.15, 0.2) is 23.3 Å². The standard InChI is InChI=1S/C17H14F2N2O3S.C15H12F2N2OS.C2H3ClO2/c1-24-17(23)21-14-8-25-15-10(14)3-2-4-11(15)16(22)20-9-5-6-12(18)13(19)7-9;16-11-5-4-8(6-12(11)17)19-15(20)10-3-1-2-9-13(18)7-21-14(9)10;1-5-2(3)4/h2-7,14H,8H2,1H3,(H,20,22)(H,21,23);1-6,13H,7,18H2,(H,19,20);1H3.